The lowest BCUT2D eigenvalue weighted by Crippen LogP contribution is -2.06. The Morgan fingerprint density at radius 1 is 1.20 bits per heavy atom. The molecule has 0 aliphatic rings. The van der Waals surface area contributed by atoms with E-state index >= 15 is 0 Å². The summed E-state index contributed by atoms with van der Waals surface area (Å²) in [7, 11) is 0. The summed E-state index contributed by atoms with van der Waals surface area (Å²) in [5, 5.41) is 10.7. The van der Waals surface area contributed by atoms with Gasteiger partial charge in [-0.3, -0.25) is 4.79 Å². The molecule has 128 valence electrons. The quantitative estimate of drug-likeness (QED) is 0.646. The number of carboxylic acid groups (broad SMARTS) is 1. The second kappa shape index (κ2) is 7.11. The first-order valence-corrected chi connectivity index (χ1v) is 8.52. The molecule has 0 unspecified atom stereocenters. The van der Waals surface area contributed by atoms with Gasteiger partial charge >= 0.3 is 5.97 Å². The van der Waals surface area contributed by atoms with Gasteiger partial charge in [-0.2, -0.15) is 0 Å². The third kappa shape index (κ3) is 3.05. The third-order valence-electron chi connectivity index (χ3n) is 4.36. The van der Waals surface area contributed by atoms with Crippen molar-refractivity contribution in [3.63, 3.8) is 0 Å². The first-order valence-electron chi connectivity index (χ1n) is 8.14. The standard InChI is InChI=1S/C20H18ClNO3/c1-2-6-17-15(12-23)19-14(20(24)25)8-5-10-18(19)22(17)11-13-7-3-4-9-16(13)21/h3-5,7-10,12H,2,6,11H2,1H3,(H,24,25). The topological polar surface area (TPSA) is 59.3 Å². The molecule has 2 aromatic carbocycles. The predicted octanol–water partition coefficient (Wildman–Crippen LogP) is 4.81. The molecule has 1 N–H and O–H groups in total. The maximum absolute atomic E-state index is 11.8. The van der Waals surface area contributed by atoms with Crippen molar-refractivity contribution < 1.29 is 14.7 Å². The third-order valence-corrected chi connectivity index (χ3v) is 4.73. The molecule has 0 spiro atoms. The van der Waals surface area contributed by atoms with Crippen molar-refractivity contribution >= 4 is 34.8 Å². The number of carbonyl (C=O) groups is 2. The van der Waals surface area contributed by atoms with Gasteiger partial charge in [0.2, 0.25) is 0 Å². The summed E-state index contributed by atoms with van der Waals surface area (Å²) in [6, 6.07) is 12.6. The van der Waals surface area contributed by atoms with Crippen LogP contribution in [0.3, 0.4) is 0 Å². The van der Waals surface area contributed by atoms with E-state index in [0.717, 1.165) is 29.5 Å². The second-order valence-corrected chi connectivity index (χ2v) is 6.32. The molecule has 0 radical (unpaired) electrons. The zero-order chi connectivity index (χ0) is 18.0. The summed E-state index contributed by atoms with van der Waals surface area (Å²) in [6.45, 7) is 2.52. The van der Waals surface area contributed by atoms with E-state index < -0.39 is 5.97 Å². The van der Waals surface area contributed by atoms with Gasteiger partial charge in [0.15, 0.2) is 6.29 Å². The van der Waals surface area contributed by atoms with Crippen LogP contribution in [0, 0.1) is 0 Å². The number of fused-ring (bicyclic) bond motifs is 1. The van der Waals surface area contributed by atoms with E-state index in [-0.39, 0.29) is 5.56 Å². The molecule has 0 atom stereocenters. The van der Waals surface area contributed by atoms with Crippen molar-refractivity contribution in [2.45, 2.75) is 26.3 Å². The molecular weight excluding hydrogens is 338 g/mol. The fourth-order valence-electron chi connectivity index (χ4n) is 3.27. The molecule has 0 aliphatic carbocycles. The Hall–Kier alpha value is -2.59. The smallest absolute Gasteiger partial charge is 0.336 e. The highest BCUT2D eigenvalue weighted by Crippen LogP contribution is 2.31. The van der Waals surface area contributed by atoms with Crippen LogP contribution in [0.5, 0.6) is 0 Å². The molecule has 0 aliphatic heterocycles. The lowest BCUT2D eigenvalue weighted by atomic mass is 10.0. The number of hydrogen-bond acceptors (Lipinski definition) is 2. The summed E-state index contributed by atoms with van der Waals surface area (Å²) >= 11 is 6.30. The van der Waals surface area contributed by atoms with Crippen LogP contribution in [0.1, 0.15) is 45.3 Å². The molecule has 25 heavy (non-hydrogen) atoms. The van der Waals surface area contributed by atoms with E-state index in [2.05, 4.69) is 0 Å². The molecular formula is C20H18ClNO3. The largest absolute Gasteiger partial charge is 0.478 e. The molecule has 4 nitrogen and oxygen atoms in total. The molecule has 0 saturated carbocycles. The monoisotopic (exact) mass is 355 g/mol. The van der Waals surface area contributed by atoms with Gasteiger partial charge in [0, 0.05) is 28.2 Å². The van der Waals surface area contributed by atoms with Crippen molar-refractivity contribution in [2.24, 2.45) is 0 Å². The van der Waals surface area contributed by atoms with Crippen LogP contribution in [0.15, 0.2) is 42.5 Å². The van der Waals surface area contributed by atoms with Crippen LogP contribution in [-0.2, 0) is 13.0 Å². The fourth-order valence-corrected chi connectivity index (χ4v) is 3.47. The molecule has 0 amide bonds. The first-order chi connectivity index (χ1) is 12.1. The van der Waals surface area contributed by atoms with E-state index in [1.54, 1.807) is 6.07 Å². The number of aromatic nitrogens is 1. The molecule has 1 heterocycles. The Morgan fingerprint density at radius 3 is 2.60 bits per heavy atom. The molecule has 1 aromatic heterocycles. The molecule has 0 saturated heterocycles. The van der Waals surface area contributed by atoms with E-state index in [4.69, 9.17) is 11.6 Å². The van der Waals surface area contributed by atoms with Gasteiger partial charge in [-0.1, -0.05) is 49.2 Å². The van der Waals surface area contributed by atoms with Crippen LogP contribution in [0.25, 0.3) is 10.9 Å². The number of benzene rings is 2. The second-order valence-electron chi connectivity index (χ2n) is 5.91. The summed E-state index contributed by atoms with van der Waals surface area (Å²) in [6.07, 6.45) is 2.30. The van der Waals surface area contributed by atoms with Crippen LogP contribution in [0.4, 0.5) is 0 Å². The Labute approximate surface area is 150 Å². The van der Waals surface area contributed by atoms with Gasteiger partial charge in [-0.05, 0) is 30.2 Å². The zero-order valence-electron chi connectivity index (χ0n) is 13.8. The zero-order valence-corrected chi connectivity index (χ0v) is 14.6. The Kier molecular flexibility index (Phi) is 4.91. The van der Waals surface area contributed by atoms with Gasteiger partial charge < -0.3 is 9.67 Å². The van der Waals surface area contributed by atoms with Crippen molar-refractivity contribution in [2.75, 3.05) is 0 Å². The summed E-state index contributed by atoms with van der Waals surface area (Å²) < 4.78 is 2.01. The number of carbonyl (C=O) groups excluding carboxylic acids is 1. The average Bonchev–Trinajstić information content (AvgIpc) is 2.90. The predicted molar refractivity (Wildman–Crippen MR) is 98.8 cm³/mol. The lowest BCUT2D eigenvalue weighted by Gasteiger charge is -2.12. The molecule has 3 aromatic rings. The molecule has 3 rings (SSSR count). The van der Waals surface area contributed by atoms with Gasteiger partial charge in [0.25, 0.3) is 0 Å². The first kappa shape index (κ1) is 17.2. The van der Waals surface area contributed by atoms with Crippen molar-refractivity contribution in [3.8, 4) is 0 Å². The van der Waals surface area contributed by atoms with Gasteiger partial charge in [-0.15, -0.1) is 0 Å². The highest BCUT2D eigenvalue weighted by molar-refractivity contribution is 6.31. The number of aromatic carboxylic acids is 1. The average molecular weight is 356 g/mol. The van der Waals surface area contributed by atoms with E-state index in [1.165, 1.54) is 6.07 Å². The molecule has 5 heteroatoms. The minimum atomic E-state index is -1.04. The minimum absolute atomic E-state index is 0.148. The Bertz CT molecular complexity index is 959. The lowest BCUT2D eigenvalue weighted by molar-refractivity contribution is 0.0699. The van der Waals surface area contributed by atoms with E-state index in [9.17, 15) is 14.7 Å². The van der Waals surface area contributed by atoms with Crippen molar-refractivity contribution in [3.05, 3.63) is 69.9 Å². The minimum Gasteiger partial charge on any atom is -0.478 e. The Balaban J connectivity index is 2.31. The highest BCUT2D eigenvalue weighted by Gasteiger charge is 2.21. The van der Waals surface area contributed by atoms with Crippen LogP contribution >= 0.6 is 11.6 Å². The summed E-state index contributed by atoms with van der Waals surface area (Å²) in [5.41, 5.74) is 3.12. The maximum Gasteiger partial charge on any atom is 0.336 e. The van der Waals surface area contributed by atoms with Crippen molar-refractivity contribution in [1.29, 1.82) is 0 Å². The highest BCUT2D eigenvalue weighted by atomic mass is 35.5. The number of hydrogen-bond donors (Lipinski definition) is 1. The fraction of sp³-hybridized carbons (Fsp3) is 0.200. The number of carboxylic acids is 1. The Morgan fingerprint density at radius 2 is 1.96 bits per heavy atom. The number of nitrogens with zero attached hydrogens (tertiary/aromatic N) is 1. The number of halogens is 1. The van der Waals surface area contributed by atoms with Gasteiger partial charge in [0.1, 0.15) is 0 Å². The van der Waals surface area contributed by atoms with Gasteiger partial charge in [0.05, 0.1) is 11.1 Å². The SMILES string of the molecule is CCCc1c(C=O)c2c(C(=O)O)cccc2n1Cc1ccccc1Cl. The van der Waals surface area contributed by atoms with Crippen LogP contribution in [0.2, 0.25) is 5.02 Å². The van der Waals surface area contributed by atoms with E-state index in [1.807, 2.05) is 41.8 Å². The summed E-state index contributed by atoms with van der Waals surface area (Å²) in [4.78, 5) is 23.4. The van der Waals surface area contributed by atoms with Crippen LogP contribution < -0.4 is 0 Å². The number of rotatable bonds is 6. The van der Waals surface area contributed by atoms with Crippen molar-refractivity contribution in [1.82, 2.24) is 4.57 Å². The molecule has 0 bridgehead atoms. The van der Waals surface area contributed by atoms with E-state index in [0.29, 0.717) is 28.9 Å². The number of aldehydes is 1. The molecule has 0 fully saturated rings. The van der Waals surface area contributed by atoms with Crippen LogP contribution in [-0.4, -0.2) is 21.9 Å². The maximum atomic E-state index is 11.8. The normalized spacial score (nSPS) is 11.0. The summed E-state index contributed by atoms with van der Waals surface area (Å²) in [5.74, 6) is -1.04. The van der Waals surface area contributed by atoms with Gasteiger partial charge in [-0.25, -0.2) is 4.79 Å².